The molecule has 0 spiro atoms. The molecule has 150 valence electrons. The molecule has 1 amide bonds. The molecule has 6 nitrogen and oxygen atoms in total. The van der Waals surface area contributed by atoms with Crippen LogP contribution in [0.3, 0.4) is 0 Å². The first-order chi connectivity index (χ1) is 13.2. The van der Waals surface area contributed by atoms with E-state index in [1.807, 2.05) is 0 Å². The van der Waals surface area contributed by atoms with Crippen LogP contribution in [0, 0.1) is 5.82 Å². The number of benzene rings is 1. The fourth-order valence-electron chi connectivity index (χ4n) is 3.81. The average Bonchev–Trinajstić information content (AvgIpc) is 3.17. The number of rotatable bonds is 3. The molecule has 0 saturated carbocycles. The van der Waals surface area contributed by atoms with Gasteiger partial charge in [0.05, 0.1) is 18.1 Å². The van der Waals surface area contributed by atoms with Crippen LogP contribution in [-0.4, -0.2) is 44.2 Å². The first kappa shape index (κ1) is 19.0. The Kier molecular flexibility index (Phi) is 4.73. The van der Waals surface area contributed by atoms with Crippen LogP contribution in [0.5, 0.6) is 0 Å². The first-order valence-electron chi connectivity index (χ1n) is 9.04. The number of alkyl halides is 2. The Balaban J connectivity index is 1.62. The highest BCUT2D eigenvalue weighted by atomic mass is 35.5. The maximum Gasteiger partial charge on any atom is 0.346 e. The predicted molar refractivity (Wildman–Crippen MR) is 95.1 cm³/mol. The predicted octanol–water partition coefficient (Wildman–Crippen LogP) is 2.63. The maximum absolute atomic E-state index is 13.7. The van der Waals surface area contributed by atoms with Gasteiger partial charge in [0.2, 0.25) is 5.91 Å². The van der Waals surface area contributed by atoms with Crippen LogP contribution in [-0.2, 0) is 17.8 Å². The van der Waals surface area contributed by atoms with Crippen LogP contribution in [0.15, 0.2) is 23.0 Å². The first-order valence-corrected chi connectivity index (χ1v) is 9.42. The zero-order valence-electron chi connectivity index (χ0n) is 14.9. The standard InChI is InChI=1S/C18H18ClF3N4O2/c19-12-5-4-11(8-13(12)20)9-25-17(28)26-14(2-1-3-15(26)23-25)16(27)24-7-6-18(21,22)10-24/h4-5,8,14H,1-3,6-7,9-10H2. The van der Waals surface area contributed by atoms with Crippen molar-refractivity contribution < 1.29 is 18.0 Å². The van der Waals surface area contributed by atoms with E-state index in [-0.39, 0.29) is 24.5 Å². The monoisotopic (exact) mass is 414 g/mol. The van der Waals surface area contributed by atoms with E-state index in [1.165, 1.54) is 21.4 Å². The summed E-state index contributed by atoms with van der Waals surface area (Å²) in [4.78, 5) is 26.8. The Bertz CT molecular complexity index is 988. The van der Waals surface area contributed by atoms with Gasteiger partial charge in [-0.1, -0.05) is 17.7 Å². The molecule has 1 atom stereocenters. The van der Waals surface area contributed by atoms with Crippen LogP contribution in [0.4, 0.5) is 13.2 Å². The van der Waals surface area contributed by atoms with Crippen molar-refractivity contribution >= 4 is 17.5 Å². The van der Waals surface area contributed by atoms with Crippen molar-refractivity contribution in [2.24, 2.45) is 0 Å². The normalized spacial score (nSPS) is 21.0. The summed E-state index contributed by atoms with van der Waals surface area (Å²) in [6.07, 6.45) is 1.17. The lowest BCUT2D eigenvalue weighted by molar-refractivity contribution is -0.135. The molecule has 1 aromatic carbocycles. The van der Waals surface area contributed by atoms with Gasteiger partial charge >= 0.3 is 5.69 Å². The second kappa shape index (κ2) is 6.95. The average molecular weight is 415 g/mol. The number of likely N-dealkylation sites (tertiary alicyclic amines) is 1. The molecule has 1 unspecified atom stereocenters. The summed E-state index contributed by atoms with van der Waals surface area (Å²) in [6, 6.07) is 3.38. The minimum absolute atomic E-state index is 0.0201. The zero-order chi connectivity index (χ0) is 20.1. The molecular weight excluding hydrogens is 397 g/mol. The molecule has 0 aliphatic carbocycles. The lowest BCUT2D eigenvalue weighted by atomic mass is 10.0. The molecule has 10 heteroatoms. The molecule has 28 heavy (non-hydrogen) atoms. The molecule has 1 aromatic heterocycles. The van der Waals surface area contributed by atoms with Crippen molar-refractivity contribution in [1.82, 2.24) is 19.2 Å². The van der Waals surface area contributed by atoms with Gasteiger partial charge in [0.25, 0.3) is 5.92 Å². The van der Waals surface area contributed by atoms with Gasteiger partial charge in [0.15, 0.2) is 0 Å². The van der Waals surface area contributed by atoms with E-state index < -0.39 is 35.9 Å². The van der Waals surface area contributed by atoms with Crippen LogP contribution < -0.4 is 5.69 Å². The van der Waals surface area contributed by atoms with Crippen molar-refractivity contribution in [2.45, 2.75) is 44.2 Å². The number of amides is 1. The highest BCUT2D eigenvalue weighted by Crippen LogP contribution is 2.31. The quantitative estimate of drug-likeness (QED) is 0.775. The van der Waals surface area contributed by atoms with Gasteiger partial charge in [-0.15, -0.1) is 0 Å². The number of hydrogen-bond donors (Lipinski definition) is 0. The molecule has 1 fully saturated rings. The Morgan fingerprint density at radius 3 is 2.82 bits per heavy atom. The number of hydrogen-bond acceptors (Lipinski definition) is 3. The van der Waals surface area contributed by atoms with E-state index in [0.717, 1.165) is 4.90 Å². The van der Waals surface area contributed by atoms with Crippen LogP contribution in [0.25, 0.3) is 0 Å². The van der Waals surface area contributed by atoms with Crippen LogP contribution in [0.2, 0.25) is 5.02 Å². The molecular formula is C18H18ClF3N4O2. The molecule has 4 rings (SSSR count). The van der Waals surface area contributed by atoms with E-state index in [1.54, 1.807) is 6.07 Å². The zero-order valence-corrected chi connectivity index (χ0v) is 15.6. The molecule has 1 saturated heterocycles. The van der Waals surface area contributed by atoms with E-state index in [2.05, 4.69) is 5.10 Å². The number of aromatic nitrogens is 3. The smallest absolute Gasteiger partial charge is 0.335 e. The Labute approximate surface area is 163 Å². The Morgan fingerprint density at radius 1 is 1.36 bits per heavy atom. The second-order valence-corrected chi connectivity index (χ2v) is 7.66. The molecule has 2 aliphatic heterocycles. The molecule has 0 N–H and O–H groups in total. The summed E-state index contributed by atoms with van der Waals surface area (Å²) in [5.41, 5.74) is -0.00382. The summed E-state index contributed by atoms with van der Waals surface area (Å²) in [5.74, 6) is -3.52. The number of carbonyl (C=O) groups excluding carboxylic acids is 1. The van der Waals surface area contributed by atoms with E-state index in [9.17, 15) is 22.8 Å². The summed E-state index contributed by atoms with van der Waals surface area (Å²) in [5, 5.41) is 4.26. The number of halogens is 4. The van der Waals surface area contributed by atoms with Gasteiger partial charge in [-0.2, -0.15) is 5.10 Å². The maximum atomic E-state index is 13.7. The van der Waals surface area contributed by atoms with Crippen molar-refractivity contribution in [1.29, 1.82) is 0 Å². The minimum Gasteiger partial charge on any atom is -0.335 e. The molecule has 2 aliphatic rings. The third-order valence-electron chi connectivity index (χ3n) is 5.21. The van der Waals surface area contributed by atoms with Gasteiger partial charge in [-0.3, -0.25) is 9.36 Å². The van der Waals surface area contributed by atoms with Crippen molar-refractivity contribution in [3.05, 3.63) is 50.9 Å². The lowest BCUT2D eigenvalue weighted by Gasteiger charge is -2.27. The highest BCUT2D eigenvalue weighted by Gasteiger charge is 2.43. The SMILES string of the molecule is O=C(C1CCCc2nn(Cc3ccc(Cl)c(F)c3)c(=O)n21)N1CCC(F)(F)C1. The summed E-state index contributed by atoms with van der Waals surface area (Å²) in [7, 11) is 0. The van der Waals surface area contributed by atoms with Crippen LogP contribution in [0.1, 0.15) is 36.7 Å². The van der Waals surface area contributed by atoms with Crippen molar-refractivity contribution in [2.75, 3.05) is 13.1 Å². The minimum atomic E-state index is -2.89. The summed E-state index contributed by atoms with van der Waals surface area (Å²) < 4.78 is 43.1. The fourth-order valence-corrected chi connectivity index (χ4v) is 3.93. The second-order valence-electron chi connectivity index (χ2n) is 7.25. The van der Waals surface area contributed by atoms with Gasteiger partial charge in [-0.05, 0) is 30.5 Å². The van der Waals surface area contributed by atoms with Gasteiger partial charge in [-0.25, -0.2) is 22.6 Å². The molecule has 0 bridgehead atoms. The Hall–Kier alpha value is -2.29. The summed E-state index contributed by atoms with van der Waals surface area (Å²) >= 11 is 5.67. The molecule has 3 heterocycles. The third kappa shape index (κ3) is 3.43. The van der Waals surface area contributed by atoms with Gasteiger partial charge in [0, 0.05) is 19.4 Å². The largest absolute Gasteiger partial charge is 0.346 e. The number of fused-ring (bicyclic) bond motifs is 1. The summed E-state index contributed by atoms with van der Waals surface area (Å²) in [6.45, 7) is -0.620. The van der Waals surface area contributed by atoms with E-state index in [0.29, 0.717) is 30.7 Å². The third-order valence-corrected chi connectivity index (χ3v) is 5.52. The van der Waals surface area contributed by atoms with Crippen molar-refractivity contribution in [3.8, 4) is 0 Å². The Morgan fingerprint density at radius 2 is 2.14 bits per heavy atom. The topological polar surface area (TPSA) is 60.1 Å². The van der Waals surface area contributed by atoms with E-state index in [4.69, 9.17) is 11.6 Å². The van der Waals surface area contributed by atoms with Crippen LogP contribution >= 0.6 is 11.6 Å². The van der Waals surface area contributed by atoms with Crippen molar-refractivity contribution in [3.63, 3.8) is 0 Å². The fraction of sp³-hybridized carbons (Fsp3) is 0.500. The molecule has 0 radical (unpaired) electrons. The number of aryl methyl sites for hydroxylation is 1. The van der Waals surface area contributed by atoms with Gasteiger partial charge < -0.3 is 4.90 Å². The van der Waals surface area contributed by atoms with E-state index >= 15 is 0 Å². The highest BCUT2D eigenvalue weighted by molar-refractivity contribution is 6.30. The number of carbonyl (C=O) groups is 1. The molecule has 2 aromatic rings. The number of nitrogens with zero attached hydrogens (tertiary/aromatic N) is 4. The van der Waals surface area contributed by atoms with Gasteiger partial charge in [0.1, 0.15) is 17.7 Å². The lowest BCUT2D eigenvalue weighted by Crippen LogP contribution is -2.42.